The Labute approximate surface area is 451 Å². The number of carbonyl (C=O) groups excluding carboxylic acids is 3. The number of aliphatic hydroxyl groups excluding tert-OH is 2. The maximum atomic E-state index is 15.0. The van der Waals surface area contributed by atoms with Gasteiger partial charge in [0.25, 0.3) is 18.2 Å². The number of likely N-dealkylation sites (tertiary alicyclic amines) is 2. The van der Waals surface area contributed by atoms with Crippen molar-refractivity contribution in [1.82, 2.24) is 9.80 Å². The molecule has 4 unspecified atom stereocenters. The van der Waals surface area contributed by atoms with Crippen LogP contribution in [0.4, 0.5) is 11.4 Å². The van der Waals surface area contributed by atoms with E-state index in [9.17, 15) is 30.0 Å². The summed E-state index contributed by atoms with van der Waals surface area (Å²) in [5.74, 6) is -6.61. The standard InChI is InChI=1S/C58H78N6O10.CH2O2/c1-31(2)30-63-27-23-58(24-28-63)61-46-43-44-51(67)38(9)53-45(43)54(69)57(10,74-53)73-29-22-41(72-11)34(5)42(36(7)56(71)64-25-20-40(21-26-64)59-39-18-13-12-14-19-39)35(6)50(66)37(8)49(65)32(3)16-15-17-33(4)55(70)60-48(52(44)68)47(46)62-58;2-1-3/h12-19,22,29,31-32,34-37,40-42,49-50,59,65-68H,20-21,23-28,30H2,1-11H3,(H,60,70);1H,(H,2,3)/b16-15+,29-22+,33-17-;/t32?,34-,35+,36?,37-,41+,42?,49+,50?,57+;/m1./s1. The molecule has 6 aliphatic heterocycles. The van der Waals surface area contributed by atoms with Crippen molar-refractivity contribution >= 4 is 46.2 Å². The Morgan fingerprint density at radius 1 is 0.909 bits per heavy atom. The fraction of sp³-hybridized carbons (Fsp3) is 0.559. The normalized spacial score (nSPS) is 29.9. The van der Waals surface area contributed by atoms with Crippen LogP contribution < -0.4 is 26.1 Å². The first-order valence-corrected chi connectivity index (χ1v) is 27.1. The number of rotatable bonds is 7. The lowest BCUT2D eigenvalue weighted by Gasteiger charge is -2.43. The van der Waals surface area contributed by atoms with Gasteiger partial charge in [0.15, 0.2) is 11.4 Å². The molecule has 0 saturated carbocycles. The maximum Gasteiger partial charge on any atom is 0.312 e. The third-order valence-electron chi connectivity index (χ3n) is 16.7. The molecule has 77 heavy (non-hydrogen) atoms. The molecule has 10 atom stereocenters. The van der Waals surface area contributed by atoms with Crippen LogP contribution in [0, 0.1) is 48.3 Å². The number of anilines is 2. The van der Waals surface area contributed by atoms with Crippen LogP contribution >= 0.6 is 0 Å². The van der Waals surface area contributed by atoms with Crippen molar-refractivity contribution in [2.24, 2.45) is 51.4 Å². The van der Waals surface area contributed by atoms with Gasteiger partial charge in [-0.05, 0) is 68.6 Å². The minimum atomic E-state index is -1.96. The number of hydrogen-bond acceptors (Lipinski definition) is 15. The number of allylic oxidation sites excluding steroid dienone is 2. The number of carboxylic acid groups (broad SMARTS) is 1. The maximum absolute atomic E-state index is 15.0. The number of Topliss-reactive ketones (excluding diaryl/α,β-unsaturated/α-hetero) is 1. The molecule has 0 aromatic heterocycles. The van der Waals surface area contributed by atoms with Gasteiger partial charge >= 0.3 is 5.79 Å². The summed E-state index contributed by atoms with van der Waals surface area (Å²) in [7, 11) is 1.55. The lowest BCUT2D eigenvalue weighted by molar-refractivity contribution is -0.142. The summed E-state index contributed by atoms with van der Waals surface area (Å²) in [5.41, 5.74) is 0.508. The third kappa shape index (κ3) is 11.9. The molecule has 0 aliphatic carbocycles. The number of methoxy groups -OCH3 is 1. The summed E-state index contributed by atoms with van der Waals surface area (Å²) in [6.07, 6.45) is 7.93. The summed E-state index contributed by atoms with van der Waals surface area (Å²) >= 11 is 0. The molecule has 2 saturated heterocycles. The van der Waals surface area contributed by atoms with E-state index in [-0.39, 0.29) is 73.8 Å². The van der Waals surface area contributed by atoms with Crippen LogP contribution in [0.15, 0.2) is 76.5 Å². The number of nitrogens with one attached hydrogen (secondary N) is 2. The summed E-state index contributed by atoms with van der Waals surface area (Å²) in [6, 6.07) is 10.2. The van der Waals surface area contributed by atoms with Gasteiger partial charge in [-0.3, -0.25) is 29.2 Å². The number of aliphatic hydroxyl groups is 2. The molecule has 2 amide bonds. The van der Waals surface area contributed by atoms with Crippen molar-refractivity contribution in [3.8, 4) is 17.2 Å². The number of benzene rings is 3. The highest BCUT2D eigenvalue weighted by molar-refractivity contribution is 6.19. The van der Waals surface area contributed by atoms with E-state index in [1.54, 1.807) is 52.2 Å². The van der Waals surface area contributed by atoms with E-state index in [2.05, 4.69) is 29.4 Å². The lowest BCUT2D eigenvalue weighted by Crippen LogP contribution is -2.50. The van der Waals surface area contributed by atoms with Gasteiger partial charge in [0.2, 0.25) is 5.91 Å². The summed E-state index contributed by atoms with van der Waals surface area (Å²) in [5, 5.41) is 62.2. The van der Waals surface area contributed by atoms with Crippen LogP contribution in [-0.4, -0.2) is 135 Å². The number of carbonyl (C=O) groups is 4. The van der Waals surface area contributed by atoms with Gasteiger partial charge in [0, 0.05) is 106 Å². The summed E-state index contributed by atoms with van der Waals surface area (Å²) < 4.78 is 18.9. The number of nitrogens with zero attached hydrogens (tertiary/aromatic N) is 4. The van der Waals surface area contributed by atoms with Crippen LogP contribution in [0.25, 0.3) is 10.8 Å². The summed E-state index contributed by atoms with van der Waals surface area (Å²) in [6.45, 7) is 21.6. The molecule has 5 bridgehead atoms. The zero-order valence-corrected chi connectivity index (χ0v) is 46.4. The van der Waals surface area contributed by atoms with E-state index >= 15 is 4.79 Å². The van der Waals surface area contributed by atoms with Crippen LogP contribution in [0.1, 0.15) is 104 Å². The Morgan fingerprint density at radius 2 is 1.55 bits per heavy atom. The Kier molecular flexibility index (Phi) is 18.3. The zero-order chi connectivity index (χ0) is 56.3. The van der Waals surface area contributed by atoms with E-state index in [1.165, 1.54) is 13.2 Å². The average molecular weight is 1070 g/mol. The molecule has 6 heterocycles. The van der Waals surface area contributed by atoms with Gasteiger partial charge in [-0.15, -0.1) is 0 Å². The Balaban J connectivity index is 0.00000280. The highest BCUT2D eigenvalue weighted by Gasteiger charge is 2.50. The van der Waals surface area contributed by atoms with Crippen molar-refractivity contribution in [1.29, 1.82) is 0 Å². The predicted molar refractivity (Wildman–Crippen MR) is 293 cm³/mol. The molecule has 18 nitrogen and oxygen atoms in total. The second-order valence-corrected chi connectivity index (χ2v) is 22.5. The van der Waals surface area contributed by atoms with Crippen LogP contribution in [-0.2, 0) is 23.9 Å². The summed E-state index contributed by atoms with van der Waals surface area (Å²) in [4.78, 5) is 66.9. The quantitative estimate of drug-likeness (QED) is 0.0942. The number of hydrogen-bond donors (Lipinski definition) is 7. The molecule has 418 valence electrons. The highest BCUT2D eigenvalue weighted by Crippen LogP contribution is 2.50. The minimum absolute atomic E-state index is 0.0363. The van der Waals surface area contributed by atoms with Gasteiger partial charge in [0.05, 0.1) is 40.9 Å². The predicted octanol–water partition coefficient (Wildman–Crippen LogP) is 6.87. The molecular formula is C59H80N6O12. The molecule has 3 aromatic carbocycles. The first-order chi connectivity index (χ1) is 36.5. The third-order valence-corrected chi connectivity index (χ3v) is 16.7. The lowest BCUT2D eigenvalue weighted by atomic mass is 9.68. The van der Waals surface area contributed by atoms with Crippen molar-refractivity contribution in [3.05, 3.63) is 88.3 Å². The number of ketones is 1. The average Bonchev–Trinajstić information content (AvgIpc) is 4.05. The van der Waals surface area contributed by atoms with Crippen LogP contribution in [0.3, 0.4) is 0 Å². The van der Waals surface area contributed by atoms with Crippen LogP contribution in [0.2, 0.25) is 0 Å². The molecule has 7 N–H and O–H groups in total. The highest BCUT2D eigenvalue weighted by atomic mass is 16.7. The van der Waals surface area contributed by atoms with E-state index in [1.807, 2.05) is 62.9 Å². The topological polar surface area (TPSA) is 252 Å². The van der Waals surface area contributed by atoms with Crippen molar-refractivity contribution in [3.63, 3.8) is 0 Å². The Morgan fingerprint density at radius 3 is 2.17 bits per heavy atom. The van der Waals surface area contributed by atoms with Crippen molar-refractivity contribution in [2.45, 2.75) is 131 Å². The van der Waals surface area contributed by atoms with Gasteiger partial charge in [-0.1, -0.05) is 84.9 Å². The fourth-order valence-corrected chi connectivity index (χ4v) is 12.2. The number of amides is 2. The van der Waals surface area contributed by atoms with Crippen molar-refractivity contribution in [2.75, 3.05) is 50.5 Å². The molecule has 0 radical (unpaired) electrons. The number of phenols is 2. The van der Waals surface area contributed by atoms with E-state index in [0.717, 1.165) is 25.1 Å². The van der Waals surface area contributed by atoms with Crippen LogP contribution in [0.5, 0.6) is 17.2 Å². The molecule has 9 rings (SSSR count). The molecule has 2 fully saturated rings. The largest absolute Gasteiger partial charge is 0.507 e. The number of aromatic hydroxyl groups is 2. The zero-order valence-electron chi connectivity index (χ0n) is 46.4. The van der Waals surface area contributed by atoms with E-state index in [0.29, 0.717) is 44.9 Å². The van der Waals surface area contributed by atoms with Gasteiger partial charge < -0.3 is 60.2 Å². The van der Waals surface area contributed by atoms with Crippen molar-refractivity contribution < 1.29 is 58.9 Å². The molecule has 1 spiro atoms. The number of piperidine rings is 2. The van der Waals surface area contributed by atoms with Gasteiger partial charge in [-0.2, -0.15) is 0 Å². The Bertz CT molecular complexity index is 2890. The first-order valence-electron chi connectivity index (χ1n) is 27.1. The van der Waals surface area contributed by atoms with Gasteiger partial charge in [0.1, 0.15) is 22.5 Å². The fourth-order valence-electron chi connectivity index (χ4n) is 12.2. The molecule has 18 heteroatoms. The van der Waals surface area contributed by atoms with Gasteiger partial charge in [-0.25, -0.2) is 0 Å². The molecule has 3 aromatic rings. The smallest absolute Gasteiger partial charge is 0.312 e. The van der Waals surface area contributed by atoms with E-state index < -0.39 is 82.7 Å². The first kappa shape index (κ1) is 58.3. The Hall–Kier alpha value is -6.34. The monoisotopic (exact) mass is 1060 g/mol. The minimum Gasteiger partial charge on any atom is -0.507 e. The molecule has 6 aliphatic rings. The second kappa shape index (κ2) is 24.1. The number of fused-ring (bicyclic) bond motifs is 13. The number of para-hydroxylation sites is 1. The molecular weight excluding hydrogens is 985 g/mol. The SMILES string of the molecule is CO[C@H]1/C=C/O[C@@]2(C)Oc3c(C)c(O)c4c(O)c(c5c(c4c3C2=O)=NC2(CCN(CC(C)C)CC2)N=5)NC(=O)/C(C)=C\C=C\C(C)[C@H](O)[C@@H](C)C(O)[C@@H](C)C(C(C)C(=O)N2CCC(Nc3ccccc3)CC2)[C@@H]1C.O=CO. The number of ether oxygens (including phenoxy) is 3. The van der Waals surface area contributed by atoms with E-state index in [4.69, 9.17) is 34.1 Å². The second-order valence-electron chi connectivity index (χ2n) is 22.5. The number of phenolic OH excluding ortho intramolecular Hbond substituents is 2.